The second-order valence-electron chi connectivity index (χ2n) is 6.35. The molecule has 3 rings (SSSR count). The first-order chi connectivity index (χ1) is 14.0. The van der Waals surface area contributed by atoms with Crippen LogP contribution in [0, 0.1) is 0 Å². The van der Waals surface area contributed by atoms with Crippen LogP contribution in [-0.2, 0) is 16.1 Å². The van der Waals surface area contributed by atoms with Crippen LogP contribution < -0.4 is 10.3 Å². The Morgan fingerprint density at radius 2 is 1.76 bits per heavy atom. The Morgan fingerprint density at radius 1 is 1.07 bits per heavy atom. The summed E-state index contributed by atoms with van der Waals surface area (Å²) in [7, 11) is 1.63. The van der Waals surface area contributed by atoms with Crippen LogP contribution in [-0.4, -0.2) is 47.2 Å². The van der Waals surface area contributed by atoms with Gasteiger partial charge in [-0.3, -0.25) is 9.59 Å². The van der Waals surface area contributed by atoms with E-state index in [4.69, 9.17) is 9.47 Å². The summed E-state index contributed by atoms with van der Waals surface area (Å²) < 4.78 is 10.5. The Morgan fingerprint density at radius 3 is 2.45 bits per heavy atom. The SMILES string of the molecule is CCOc1ccc(CN(C)C(=O)COC(=O)c2n[nH]c(=O)c3ccccc23)cc1. The molecule has 0 aliphatic heterocycles. The summed E-state index contributed by atoms with van der Waals surface area (Å²) in [5.74, 6) is -0.374. The highest BCUT2D eigenvalue weighted by Crippen LogP contribution is 2.15. The summed E-state index contributed by atoms with van der Waals surface area (Å²) in [6.45, 7) is 2.43. The maximum atomic E-state index is 12.4. The zero-order chi connectivity index (χ0) is 20.8. The summed E-state index contributed by atoms with van der Waals surface area (Å²) in [5, 5.41) is 6.74. The number of nitrogens with zero attached hydrogens (tertiary/aromatic N) is 2. The number of hydrogen-bond donors (Lipinski definition) is 1. The lowest BCUT2D eigenvalue weighted by molar-refractivity contribution is -0.133. The van der Waals surface area contributed by atoms with Gasteiger partial charge in [-0.05, 0) is 30.7 Å². The third kappa shape index (κ3) is 4.78. The maximum Gasteiger partial charge on any atom is 0.359 e. The number of carbonyl (C=O) groups is 2. The molecule has 0 aliphatic carbocycles. The molecular weight excluding hydrogens is 374 g/mol. The van der Waals surface area contributed by atoms with Crippen molar-refractivity contribution < 1.29 is 19.1 Å². The topological polar surface area (TPSA) is 102 Å². The van der Waals surface area contributed by atoms with E-state index in [1.165, 1.54) is 4.90 Å². The van der Waals surface area contributed by atoms with Gasteiger partial charge in [0, 0.05) is 19.0 Å². The van der Waals surface area contributed by atoms with Crippen molar-refractivity contribution in [1.82, 2.24) is 15.1 Å². The predicted molar refractivity (Wildman–Crippen MR) is 107 cm³/mol. The van der Waals surface area contributed by atoms with E-state index in [1.54, 1.807) is 31.3 Å². The molecule has 0 atom stereocenters. The van der Waals surface area contributed by atoms with Crippen LogP contribution in [0.2, 0.25) is 0 Å². The Balaban J connectivity index is 1.61. The molecule has 2 aromatic carbocycles. The van der Waals surface area contributed by atoms with E-state index in [0.717, 1.165) is 11.3 Å². The van der Waals surface area contributed by atoms with Crippen molar-refractivity contribution in [3.8, 4) is 5.75 Å². The number of ether oxygens (including phenoxy) is 2. The van der Waals surface area contributed by atoms with Crippen molar-refractivity contribution in [2.24, 2.45) is 0 Å². The average Bonchev–Trinajstić information content (AvgIpc) is 2.74. The molecule has 1 aromatic heterocycles. The normalized spacial score (nSPS) is 10.6. The standard InChI is InChI=1S/C21H21N3O5/c1-3-28-15-10-8-14(9-11-15)12-24(2)18(25)13-29-21(27)19-16-6-4-5-7-17(16)20(26)23-22-19/h4-11H,3,12-13H2,1-2H3,(H,23,26). The van der Waals surface area contributed by atoms with E-state index >= 15 is 0 Å². The van der Waals surface area contributed by atoms with E-state index in [-0.39, 0.29) is 11.6 Å². The number of amides is 1. The summed E-state index contributed by atoms with van der Waals surface area (Å²) in [6.07, 6.45) is 0. The van der Waals surface area contributed by atoms with Crippen molar-refractivity contribution >= 4 is 22.6 Å². The van der Waals surface area contributed by atoms with Gasteiger partial charge in [-0.1, -0.05) is 30.3 Å². The first kappa shape index (κ1) is 20.1. The summed E-state index contributed by atoms with van der Waals surface area (Å²) in [6, 6.07) is 14.0. The highest BCUT2D eigenvalue weighted by atomic mass is 16.5. The van der Waals surface area contributed by atoms with Gasteiger partial charge in [-0.15, -0.1) is 0 Å². The number of nitrogens with one attached hydrogen (secondary N) is 1. The highest BCUT2D eigenvalue weighted by Gasteiger charge is 2.18. The smallest absolute Gasteiger partial charge is 0.359 e. The van der Waals surface area contributed by atoms with Gasteiger partial charge in [0.15, 0.2) is 12.3 Å². The average molecular weight is 395 g/mol. The van der Waals surface area contributed by atoms with E-state index in [1.807, 2.05) is 31.2 Å². The van der Waals surface area contributed by atoms with Crippen molar-refractivity contribution in [2.75, 3.05) is 20.3 Å². The predicted octanol–water partition coefficient (Wildman–Crippen LogP) is 2.14. The lowest BCUT2D eigenvalue weighted by Crippen LogP contribution is -2.31. The van der Waals surface area contributed by atoms with Crippen molar-refractivity contribution in [1.29, 1.82) is 0 Å². The minimum atomic E-state index is -0.778. The number of hydrogen-bond acceptors (Lipinski definition) is 6. The van der Waals surface area contributed by atoms with Gasteiger partial charge in [0.25, 0.3) is 11.5 Å². The number of rotatable bonds is 7. The van der Waals surface area contributed by atoms with Crippen LogP contribution in [0.5, 0.6) is 5.75 Å². The molecule has 0 saturated heterocycles. The van der Waals surface area contributed by atoms with Gasteiger partial charge < -0.3 is 14.4 Å². The number of aromatic nitrogens is 2. The fourth-order valence-electron chi connectivity index (χ4n) is 2.80. The minimum Gasteiger partial charge on any atom is -0.494 e. The highest BCUT2D eigenvalue weighted by molar-refractivity contribution is 6.02. The first-order valence-electron chi connectivity index (χ1n) is 9.10. The number of fused-ring (bicyclic) bond motifs is 1. The van der Waals surface area contributed by atoms with Gasteiger partial charge >= 0.3 is 5.97 Å². The maximum absolute atomic E-state index is 12.4. The molecule has 8 heteroatoms. The summed E-state index contributed by atoms with van der Waals surface area (Å²) >= 11 is 0. The van der Waals surface area contributed by atoms with Crippen molar-refractivity contribution in [3.63, 3.8) is 0 Å². The molecular formula is C21H21N3O5. The third-order valence-corrected chi connectivity index (χ3v) is 4.30. The second-order valence-corrected chi connectivity index (χ2v) is 6.35. The molecule has 0 aliphatic rings. The van der Waals surface area contributed by atoms with Crippen LogP contribution >= 0.6 is 0 Å². The number of likely N-dealkylation sites (N-methyl/N-ethyl adjacent to an activating group) is 1. The van der Waals surface area contributed by atoms with Gasteiger partial charge in [0.2, 0.25) is 0 Å². The fraction of sp³-hybridized carbons (Fsp3) is 0.238. The molecule has 1 heterocycles. The Bertz CT molecular complexity index is 1080. The molecule has 3 aromatic rings. The van der Waals surface area contributed by atoms with Crippen LogP contribution in [0.3, 0.4) is 0 Å². The van der Waals surface area contributed by atoms with Crippen molar-refractivity contribution in [2.45, 2.75) is 13.5 Å². The van der Waals surface area contributed by atoms with E-state index < -0.39 is 18.1 Å². The Labute approximate surface area is 167 Å². The number of H-pyrrole nitrogens is 1. The zero-order valence-electron chi connectivity index (χ0n) is 16.2. The molecule has 1 amide bonds. The molecule has 150 valence electrons. The number of benzene rings is 2. The van der Waals surface area contributed by atoms with Gasteiger partial charge in [-0.2, -0.15) is 5.10 Å². The quantitative estimate of drug-likeness (QED) is 0.615. The molecule has 0 saturated carbocycles. The third-order valence-electron chi connectivity index (χ3n) is 4.30. The Kier molecular flexibility index (Phi) is 6.23. The van der Waals surface area contributed by atoms with Crippen LogP contribution in [0.15, 0.2) is 53.3 Å². The van der Waals surface area contributed by atoms with E-state index in [9.17, 15) is 14.4 Å². The largest absolute Gasteiger partial charge is 0.494 e. The fourth-order valence-corrected chi connectivity index (χ4v) is 2.80. The minimum absolute atomic E-state index is 0.0397. The van der Waals surface area contributed by atoms with E-state index in [2.05, 4.69) is 10.2 Å². The molecule has 8 nitrogen and oxygen atoms in total. The van der Waals surface area contributed by atoms with Crippen LogP contribution in [0.25, 0.3) is 10.8 Å². The summed E-state index contributed by atoms with van der Waals surface area (Å²) in [4.78, 5) is 37.9. The summed E-state index contributed by atoms with van der Waals surface area (Å²) in [5.41, 5.74) is 0.481. The monoisotopic (exact) mass is 395 g/mol. The number of esters is 1. The lowest BCUT2D eigenvalue weighted by atomic mass is 10.1. The van der Waals surface area contributed by atoms with Gasteiger partial charge in [-0.25, -0.2) is 9.89 Å². The Hall–Kier alpha value is -3.68. The number of carbonyl (C=O) groups excluding carboxylic acids is 2. The molecule has 1 N–H and O–H groups in total. The van der Waals surface area contributed by atoms with Gasteiger partial charge in [0.1, 0.15) is 5.75 Å². The van der Waals surface area contributed by atoms with Crippen LogP contribution in [0.4, 0.5) is 0 Å². The van der Waals surface area contributed by atoms with Crippen LogP contribution in [0.1, 0.15) is 23.0 Å². The molecule has 0 radical (unpaired) electrons. The second kappa shape index (κ2) is 9.01. The lowest BCUT2D eigenvalue weighted by Gasteiger charge is -2.17. The first-order valence-corrected chi connectivity index (χ1v) is 9.10. The van der Waals surface area contributed by atoms with Crippen molar-refractivity contribution in [3.05, 3.63) is 70.1 Å². The zero-order valence-corrected chi connectivity index (χ0v) is 16.2. The molecule has 0 spiro atoms. The molecule has 0 fully saturated rings. The molecule has 0 bridgehead atoms. The number of aromatic amines is 1. The molecule has 0 unspecified atom stereocenters. The van der Waals surface area contributed by atoms with Gasteiger partial charge in [0.05, 0.1) is 12.0 Å². The van der Waals surface area contributed by atoms with E-state index in [0.29, 0.717) is 23.9 Å². The molecule has 29 heavy (non-hydrogen) atoms.